The van der Waals surface area contributed by atoms with E-state index in [0.717, 1.165) is 30.3 Å². The second-order valence-corrected chi connectivity index (χ2v) is 4.05. The minimum atomic E-state index is 0.211. The first-order chi connectivity index (χ1) is 8.36. The molecule has 0 aliphatic rings. The van der Waals surface area contributed by atoms with Gasteiger partial charge in [-0.2, -0.15) is 0 Å². The Bertz CT molecular complexity index is 513. The van der Waals surface area contributed by atoms with Crippen molar-refractivity contribution in [2.24, 2.45) is 0 Å². The van der Waals surface area contributed by atoms with E-state index in [1.807, 2.05) is 41.1 Å². The summed E-state index contributed by atoms with van der Waals surface area (Å²) in [5, 5.41) is 8.38. The Kier molecular flexibility index (Phi) is 3.70. The second-order valence-electron chi connectivity index (χ2n) is 4.05. The highest BCUT2D eigenvalue weighted by Crippen LogP contribution is 2.20. The van der Waals surface area contributed by atoms with Gasteiger partial charge in [0.25, 0.3) is 0 Å². The average Bonchev–Trinajstić information content (AvgIpc) is 2.79. The van der Waals surface area contributed by atoms with Crippen molar-refractivity contribution in [2.75, 3.05) is 0 Å². The molecule has 1 aromatic carbocycles. The van der Waals surface area contributed by atoms with Crippen molar-refractivity contribution in [1.29, 1.82) is 0 Å². The highest BCUT2D eigenvalue weighted by Gasteiger charge is 2.11. The first kappa shape index (κ1) is 11.6. The number of benzene rings is 1. The van der Waals surface area contributed by atoms with Gasteiger partial charge < -0.3 is 0 Å². The molecule has 88 valence electrons. The summed E-state index contributed by atoms with van der Waals surface area (Å²) < 4.78 is 1.95. The first-order valence-corrected chi connectivity index (χ1v) is 5.90. The maximum atomic E-state index is 4.21. The highest BCUT2D eigenvalue weighted by atomic mass is 15.4. The Morgan fingerprint density at radius 3 is 2.88 bits per heavy atom. The number of hydrogen-bond acceptors (Lipinski definition) is 2. The van der Waals surface area contributed by atoms with E-state index in [-0.39, 0.29) is 6.04 Å². The van der Waals surface area contributed by atoms with Crippen LogP contribution < -0.4 is 0 Å². The molecule has 0 amide bonds. The van der Waals surface area contributed by atoms with E-state index in [9.17, 15) is 0 Å². The third-order valence-electron chi connectivity index (χ3n) is 2.87. The van der Waals surface area contributed by atoms with Gasteiger partial charge in [-0.25, -0.2) is 4.68 Å². The van der Waals surface area contributed by atoms with E-state index < -0.39 is 0 Å². The van der Waals surface area contributed by atoms with Gasteiger partial charge in [-0.15, -0.1) is 18.3 Å². The van der Waals surface area contributed by atoms with Crippen molar-refractivity contribution in [3.63, 3.8) is 0 Å². The fourth-order valence-corrected chi connectivity index (χ4v) is 1.94. The summed E-state index contributed by atoms with van der Waals surface area (Å²) in [5.41, 5.74) is 2.00. The van der Waals surface area contributed by atoms with Crippen molar-refractivity contribution in [1.82, 2.24) is 15.0 Å². The molecule has 0 N–H and O–H groups in total. The molecule has 2 rings (SSSR count). The lowest BCUT2D eigenvalue weighted by Crippen LogP contribution is -2.08. The van der Waals surface area contributed by atoms with Crippen molar-refractivity contribution < 1.29 is 0 Å². The predicted octanol–water partition coefficient (Wildman–Crippen LogP) is 3.51. The third-order valence-corrected chi connectivity index (χ3v) is 2.87. The second kappa shape index (κ2) is 5.43. The average molecular weight is 227 g/mol. The number of para-hydroxylation sites is 1. The van der Waals surface area contributed by atoms with Gasteiger partial charge in [0.05, 0.1) is 11.6 Å². The van der Waals surface area contributed by atoms with Gasteiger partial charge in [0.2, 0.25) is 0 Å². The van der Waals surface area contributed by atoms with Crippen LogP contribution >= 0.6 is 0 Å². The molecule has 3 heteroatoms. The Balaban J connectivity index is 2.24. The quantitative estimate of drug-likeness (QED) is 0.558. The molecule has 0 spiro atoms. The Hall–Kier alpha value is -1.90. The van der Waals surface area contributed by atoms with Crippen LogP contribution in [0.3, 0.4) is 0 Å². The van der Waals surface area contributed by atoms with Gasteiger partial charge >= 0.3 is 0 Å². The summed E-state index contributed by atoms with van der Waals surface area (Å²) in [6, 6.07) is 8.21. The summed E-state index contributed by atoms with van der Waals surface area (Å²) >= 11 is 0. The highest BCUT2D eigenvalue weighted by molar-refractivity contribution is 5.74. The minimum Gasteiger partial charge on any atom is -0.238 e. The lowest BCUT2D eigenvalue weighted by Gasteiger charge is -2.12. The van der Waals surface area contributed by atoms with E-state index >= 15 is 0 Å². The molecule has 0 fully saturated rings. The molecule has 3 nitrogen and oxygen atoms in total. The van der Waals surface area contributed by atoms with Crippen LogP contribution in [-0.4, -0.2) is 15.0 Å². The van der Waals surface area contributed by atoms with Crippen LogP contribution in [0.1, 0.15) is 25.3 Å². The van der Waals surface area contributed by atoms with E-state index in [1.54, 1.807) is 0 Å². The number of fused-ring (bicyclic) bond motifs is 1. The number of unbranched alkanes of at least 4 members (excludes halogenated alkanes) is 1. The molecular weight excluding hydrogens is 210 g/mol. The summed E-state index contributed by atoms with van der Waals surface area (Å²) in [4.78, 5) is 0. The minimum absolute atomic E-state index is 0.211. The first-order valence-electron chi connectivity index (χ1n) is 5.90. The van der Waals surface area contributed by atoms with Crippen molar-refractivity contribution in [3.05, 3.63) is 49.6 Å². The zero-order chi connectivity index (χ0) is 12.1. The van der Waals surface area contributed by atoms with Crippen LogP contribution in [0.4, 0.5) is 0 Å². The molecule has 2 aromatic rings. The molecule has 0 saturated heterocycles. The molecule has 17 heavy (non-hydrogen) atoms. The molecular formula is C14H17N3. The summed E-state index contributed by atoms with van der Waals surface area (Å²) in [6.07, 6.45) is 7.01. The summed E-state index contributed by atoms with van der Waals surface area (Å²) in [7, 11) is 0. The summed E-state index contributed by atoms with van der Waals surface area (Å²) in [6.45, 7) is 7.62. The van der Waals surface area contributed by atoms with Crippen LogP contribution in [0.15, 0.2) is 49.6 Å². The molecule has 1 aromatic heterocycles. The van der Waals surface area contributed by atoms with Gasteiger partial charge in [0.15, 0.2) is 0 Å². The largest absolute Gasteiger partial charge is 0.238 e. The van der Waals surface area contributed by atoms with Crippen LogP contribution in [0.2, 0.25) is 0 Å². The normalized spacial score (nSPS) is 12.5. The third kappa shape index (κ3) is 2.44. The number of allylic oxidation sites excluding steroid dienone is 2. The Labute approximate surface area is 101 Å². The topological polar surface area (TPSA) is 30.7 Å². The van der Waals surface area contributed by atoms with Gasteiger partial charge in [-0.1, -0.05) is 29.5 Å². The maximum Gasteiger partial charge on any atom is 0.113 e. The standard InChI is InChI=1S/C14H17N3/c1-3-5-6-9-12(4-2)17-14-11-8-7-10-13(14)15-16-17/h3-4,7-8,10-12H,1-2,5-6,9H2. The van der Waals surface area contributed by atoms with E-state index in [2.05, 4.69) is 23.5 Å². The Morgan fingerprint density at radius 1 is 1.29 bits per heavy atom. The SMILES string of the molecule is C=CCCCC(C=C)n1nnc2ccccc21. The lowest BCUT2D eigenvalue weighted by molar-refractivity contribution is 0.490. The van der Waals surface area contributed by atoms with Gasteiger partial charge in [0, 0.05) is 0 Å². The van der Waals surface area contributed by atoms with Crippen LogP contribution in [0.5, 0.6) is 0 Å². The van der Waals surface area contributed by atoms with Gasteiger partial charge in [-0.3, -0.25) is 0 Å². The number of aromatic nitrogens is 3. The van der Waals surface area contributed by atoms with Crippen molar-refractivity contribution in [3.8, 4) is 0 Å². The number of nitrogens with zero attached hydrogens (tertiary/aromatic N) is 3. The monoisotopic (exact) mass is 227 g/mol. The zero-order valence-corrected chi connectivity index (χ0v) is 9.92. The molecule has 0 aliphatic carbocycles. The van der Waals surface area contributed by atoms with Crippen LogP contribution in [0, 0.1) is 0 Å². The van der Waals surface area contributed by atoms with E-state index in [0.29, 0.717) is 0 Å². The lowest BCUT2D eigenvalue weighted by atomic mass is 10.1. The van der Waals surface area contributed by atoms with Crippen molar-refractivity contribution >= 4 is 11.0 Å². The molecule has 1 atom stereocenters. The van der Waals surface area contributed by atoms with Crippen LogP contribution in [-0.2, 0) is 0 Å². The van der Waals surface area contributed by atoms with Crippen molar-refractivity contribution in [2.45, 2.75) is 25.3 Å². The molecule has 0 saturated carbocycles. The predicted molar refractivity (Wildman–Crippen MR) is 70.8 cm³/mol. The molecule has 1 unspecified atom stereocenters. The van der Waals surface area contributed by atoms with E-state index in [4.69, 9.17) is 0 Å². The fourth-order valence-electron chi connectivity index (χ4n) is 1.94. The number of hydrogen-bond donors (Lipinski definition) is 0. The number of rotatable bonds is 6. The van der Waals surface area contributed by atoms with Gasteiger partial charge in [0.1, 0.15) is 5.52 Å². The molecule has 0 radical (unpaired) electrons. The van der Waals surface area contributed by atoms with Gasteiger partial charge in [-0.05, 0) is 31.4 Å². The molecule has 1 heterocycles. The fraction of sp³-hybridized carbons (Fsp3) is 0.286. The van der Waals surface area contributed by atoms with Crippen LogP contribution in [0.25, 0.3) is 11.0 Å². The zero-order valence-electron chi connectivity index (χ0n) is 9.92. The summed E-state index contributed by atoms with van der Waals surface area (Å²) in [5.74, 6) is 0. The molecule has 0 aliphatic heterocycles. The molecule has 0 bridgehead atoms. The van der Waals surface area contributed by atoms with E-state index in [1.165, 1.54) is 0 Å². The Morgan fingerprint density at radius 2 is 2.12 bits per heavy atom. The smallest absolute Gasteiger partial charge is 0.113 e. The maximum absolute atomic E-state index is 4.21.